The Morgan fingerprint density at radius 1 is 1.05 bits per heavy atom. The normalized spacial score (nSPS) is 17.2. The minimum atomic E-state index is -2.70. The van der Waals surface area contributed by atoms with Crippen LogP contribution in [0.3, 0.4) is 0 Å². The Hall–Kier alpha value is -3.47. The third-order valence-corrected chi connectivity index (χ3v) is 10.3. The number of halogens is 2. The number of aryl methyl sites for hydroxylation is 1. The molecule has 1 amide bonds. The maximum absolute atomic E-state index is 14.9. The Labute approximate surface area is 260 Å². The molecule has 2 fully saturated rings. The summed E-state index contributed by atoms with van der Waals surface area (Å²) in [6.45, 7) is 1.89. The van der Waals surface area contributed by atoms with Gasteiger partial charge in [-0.3, -0.25) is 37.2 Å². The lowest BCUT2D eigenvalue weighted by Gasteiger charge is -2.40. The first-order valence-corrected chi connectivity index (χ1v) is 16.6. The molecule has 11 nitrogen and oxygen atoms in total. The lowest BCUT2D eigenvalue weighted by Crippen LogP contribution is -2.42. The highest BCUT2D eigenvalue weighted by atomic mass is 127. The minimum Gasteiger partial charge on any atom is -0.338 e. The van der Waals surface area contributed by atoms with E-state index in [-0.39, 0.29) is 75.8 Å². The van der Waals surface area contributed by atoms with Gasteiger partial charge in [-0.2, -0.15) is 10.6 Å². The van der Waals surface area contributed by atoms with E-state index in [9.17, 15) is 32.7 Å². The summed E-state index contributed by atoms with van der Waals surface area (Å²) in [4.78, 5) is 56.5. The summed E-state index contributed by atoms with van der Waals surface area (Å²) < 4.78 is 39.2. The molecule has 4 aromatic rings. The van der Waals surface area contributed by atoms with Gasteiger partial charge in [-0.25, -0.2) is 9.18 Å². The molecule has 2 aromatic carbocycles. The number of carbonyl (C=O) groups is 1. The highest BCUT2D eigenvalue weighted by Gasteiger charge is 2.32. The van der Waals surface area contributed by atoms with E-state index in [4.69, 9.17) is 0 Å². The van der Waals surface area contributed by atoms with E-state index in [1.54, 1.807) is 24.3 Å². The van der Waals surface area contributed by atoms with E-state index in [0.717, 1.165) is 0 Å². The van der Waals surface area contributed by atoms with Crippen LogP contribution in [0.15, 0.2) is 56.8 Å². The number of benzene rings is 2. The van der Waals surface area contributed by atoms with Crippen molar-refractivity contribution in [3.05, 3.63) is 94.2 Å². The Morgan fingerprint density at radius 2 is 1.74 bits per heavy atom. The summed E-state index contributed by atoms with van der Waals surface area (Å²) in [7, 11) is -1.22. The van der Waals surface area contributed by atoms with Gasteiger partial charge in [0.1, 0.15) is 17.0 Å². The molecule has 1 saturated heterocycles. The number of anilines is 2. The molecule has 0 bridgehead atoms. The van der Waals surface area contributed by atoms with Crippen molar-refractivity contribution in [1.29, 1.82) is 0 Å². The largest absolute Gasteiger partial charge is 0.338 e. The molecule has 226 valence electrons. The molecule has 3 heterocycles. The topological polar surface area (TPSA) is 139 Å². The number of nitrogens with zero attached hydrogens (tertiary/aromatic N) is 4. The number of nitrogens with one attached hydrogen (secondary N) is 1. The van der Waals surface area contributed by atoms with Crippen LogP contribution in [0.1, 0.15) is 34.8 Å². The van der Waals surface area contributed by atoms with Gasteiger partial charge in [0.25, 0.3) is 17.0 Å². The van der Waals surface area contributed by atoms with Crippen molar-refractivity contribution in [1.82, 2.24) is 18.6 Å². The van der Waals surface area contributed by atoms with Gasteiger partial charge in [0.2, 0.25) is 0 Å². The molecular formula is C29H29FIN5O6S. The fraction of sp³-hybridized carbons (Fsp3) is 0.310. The van der Waals surface area contributed by atoms with Gasteiger partial charge in [-0.05, 0) is 78.8 Å². The SMILES string of the molecule is Cc1c(=O)n(C)c(Nc2ccc(I)cc2F)c2c(=O)n(C3CC3)c(=O)n(-c3cccc(C(=O)N4CCS(O)(O)CC4)c3)c12. The van der Waals surface area contributed by atoms with Crippen molar-refractivity contribution in [3.63, 3.8) is 0 Å². The van der Waals surface area contributed by atoms with E-state index in [1.807, 2.05) is 22.6 Å². The number of hydrogen-bond acceptors (Lipinski definition) is 7. The van der Waals surface area contributed by atoms with Gasteiger partial charge in [0.15, 0.2) is 0 Å². The second-order valence-corrected chi connectivity index (χ2v) is 14.6. The minimum absolute atomic E-state index is 0.0402. The van der Waals surface area contributed by atoms with Crippen LogP contribution in [-0.2, 0) is 7.05 Å². The Balaban J connectivity index is 1.58. The third kappa shape index (κ3) is 5.30. The number of aromatic nitrogens is 3. The lowest BCUT2D eigenvalue weighted by atomic mass is 10.1. The molecule has 1 saturated carbocycles. The van der Waals surface area contributed by atoms with Crippen LogP contribution in [0, 0.1) is 16.3 Å². The van der Waals surface area contributed by atoms with Gasteiger partial charge in [0, 0.05) is 40.9 Å². The van der Waals surface area contributed by atoms with E-state index in [1.165, 1.54) is 50.8 Å². The molecule has 2 aromatic heterocycles. The van der Waals surface area contributed by atoms with Crippen LogP contribution in [0.4, 0.5) is 15.9 Å². The van der Waals surface area contributed by atoms with Crippen LogP contribution in [0.5, 0.6) is 0 Å². The van der Waals surface area contributed by atoms with Gasteiger partial charge in [0.05, 0.1) is 28.4 Å². The number of hydrogen-bond donors (Lipinski definition) is 3. The van der Waals surface area contributed by atoms with Crippen LogP contribution in [-0.4, -0.2) is 58.2 Å². The maximum atomic E-state index is 14.9. The van der Waals surface area contributed by atoms with Crippen molar-refractivity contribution in [2.24, 2.45) is 7.05 Å². The van der Waals surface area contributed by atoms with Crippen molar-refractivity contribution >= 4 is 61.5 Å². The zero-order valence-electron chi connectivity index (χ0n) is 23.3. The second kappa shape index (κ2) is 10.9. The van der Waals surface area contributed by atoms with Crippen LogP contribution in [0.2, 0.25) is 0 Å². The predicted molar refractivity (Wildman–Crippen MR) is 173 cm³/mol. The molecule has 43 heavy (non-hydrogen) atoms. The van der Waals surface area contributed by atoms with Crippen molar-refractivity contribution in [3.8, 4) is 5.69 Å². The zero-order valence-corrected chi connectivity index (χ0v) is 26.3. The summed E-state index contributed by atoms with van der Waals surface area (Å²) in [6, 6.07) is 10.6. The maximum Gasteiger partial charge on any atom is 0.336 e. The Bertz CT molecular complexity index is 1990. The number of carbonyl (C=O) groups excluding carboxylic acids is 1. The molecule has 6 rings (SSSR count). The average molecular weight is 722 g/mol. The molecular weight excluding hydrogens is 692 g/mol. The van der Waals surface area contributed by atoms with Crippen LogP contribution >= 0.6 is 33.2 Å². The van der Waals surface area contributed by atoms with E-state index in [2.05, 4.69) is 5.32 Å². The fourth-order valence-corrected chi connectivity index (χ4v) is 7.15. The van der Waals surface area contributed by atoms with Crippen LogP contribution < -0.4 is 22.1 Å². The fourth-order valence-electron chi connectivity index (χ4n) is 5.46. The van der Waals surface area contributed by atoms with E-state index >= 15 is 0 Å². The molecule has 0 spiro atoms. The summed E-state index contributed by atoms with van der Waals surface area (Å²) >= 11 is 1.98. The van der Waals surface area contributed by atoms with Crippen molar-refractivity contribution in [2.45, 2.75) is 25.8 Å². The zero-order chi connectivity index (χ0) is 30.8. The van der Waals surface area contributed by atoms with Gasteiger partial charge >= 0.3 is 5.69 Å². The van der Waals surface area contributed by atoms with Gasteiger partial charge < -0.3 is 10.2 Å². The Kier molecular flexibility index (Phi) is 7.51. The van der Waals surface area contributed by atoms with Gasteiger partial charge in [-0.1, -0.05) is 6.07 Å². The first kappa shape index (κ1) is 29.6. The molecule has 2 aliphatic rings. The molecule has 3 N–H and O–H groups in total. The monoisotopic (exact) mass is 721 g/mol. The van der Waals surface area contributed by atoms with Crippen molar-refractivity contribution in [2.75, 3.05) is 29.9 Å². The highest BCUT2D eigenvalue weighted by molar-refractivity contribution is 14.1. The lowest BCUT2D eigenvalue weighted by molar-refractivity contribution is 0.0768. The van der Waals surface area contributed by atoms with Gasteiger partial charge in [-0.15, -0.1) is 0 Å². The highest BCUT2D eigenvalue weighted by Crippen LogP contribution is 2.40. The average Bonchev–Trinajstić information content (AvgIpc) is 3.80. The second-order valence-electron chi connectivity index (χ2n) is 10.9. The van der Waals surface area contributed by atoms with E-state index in [0.29, 0.717) is 16.4 Å². The quantitative estimate of drug-likeness (QED) is 0.263. The molecule has 0 radical (unpaired) electrons. The summed E-state index contributed by atoms with van der Waals surface area (Å²) in [5.74, 6) is -0.691. The summed E-state index contributed by atoms with van der Waals surface area (Å²) in [5, 5.41) is 2.98. The molecule has 1 aliphatic carbocycles. The molecule has 14 heteroatoms. The predicted octanol–water partition coefficient (Wildman–Crippen LogP) is 4.19. The molecule has 0 unspecified atom stereocenters. The number of pyridine rings is 1. The standard InChI is InChI=1S/C29H29FIN5O6S/c1-16-24-23(25(33(2)26(16)37)32-22-9-6-18(31)15-21(22)30)28(39)36(19-7-8-19)29(40)35(24)20-5-3-4-17(14-20)27(38)34-10-12-43(41,42)13-11-34/h3-6,9,14-15,19,32,41-42H,7-8,10-13H2,1-2H3. The Morgan fingerprint density at radius 3 is 2.40 bits per heavy atom. The first-order valence-electron chi connectivity index (χ1n) is 13.6. The van der Waals surface area contributed by atoms with Crippen molar-refractivity contribution < 1.29 is 18.3 Å². The number of rotatable bonds is 5. The summed E-state index contributed by atoms with van der Waals surface area (Å²) in [5.41, 5.74) is -0.912. The molecule has 0 atom stereocenters. The smallest absolute Gasteiger partial charge is 0.336 e. The van der Waals surface area contributed by atoms with Crippen LogP contribution in [0.25, 0.3) is 16.6 Å². The number of amides is 1. The number of fused-ring (bicyclic) bond motifs is 1. The first-order chi connectivity index (χ1) is 20.4. The third-order valence-electron chi connectivity index (χ3n) is 7.95. The molecule has 1 aliphatic heterocycles. The van der Waals surface area contributed by atoms with E-state index < -0.39 is 33.2 Å². The summed E-state index contributed by atoms with van der Waals surface area (Å²) in [6.07, 6.45) is 1.26.